The highest BCUT2D eigenvalue weighted by molar-refractivity contribution is 8.03. The van der Waals surface area contributed by atoms with Crippen molar-refractivity contribution in [3.05, 3.63) is 35.4 Å². The van der Waals surface area contributed by atoms with Crippen molar-refractivity contribution in [2.75, 3.05) is 12.9 Å². The molecule has 0 bridgehead atoms. The second-order valence-corrected chi connectivity index (χ2v) is 3.69. The average Bonchev–Trinajstić information content (AvgIpc) is 2.35. The Morgan fingerprint density at radius 2 is 2.06 bits per heavy atom. The first kappa shape index (κ1) is 12.2. The third kappa shape index (κ3) is 3.68. The first-order valence-corrected chi connectivity index (χ1v) is 5.54. The molecule has 0 aliphatic heterocycles. The van der Waals surface area contributed by atoms with Crippen LogP contribution >= 0.6 is 11.8 Å². The molecule has 1 aromatic rings. The van der Waals surface area contributed by atoms with Gasteiger partial charge in [0.2, 0.25) is 0 Å². The van der Waals surface area contributed by atoms with Gasteiger partial charge in [0.05, 0.1) is 13.2 Å². The lowest BCUT2D eigenvalue weighted by atomic mass is 10.1. The smallest absolute Gasteiger partial charge is 0.133 e. The topological polar surface area (TPSA) is 56.8 Å². The van der Waals surface area contributed by atoms with E-state index in [0.29, 0.717) is 11.3 Å². The van der Waals surface area contributed by atoms with Crippen LogP contribution in [0.25, 0.3) is 6.08 Å². The van der Waals surface area contributed by atoms with E-state index < -0.39 is 0 Å². The predicted molar refractivity (Wildman–Crippen MR) is 64.7 cm³/mol. The molecule has 0 atom stereocenters. The van der Waals surface area contributed by atoms with Crippen LogP contribution in [-0.2, 0) is 0 Å². The molecule has 0 unspecified atom stereocenters. The van der Waals surface area contributed by atoms with Crippen molar-refractivity contribution < 1.29 is 4.74 Å². The SMILES string of the molecule is COc1ccc(/C=C(\C#N)CSC#N)cc1. The largest absolute Gasteiger partial charge is 0.497 e. The van der Waals surface area contributed by atoms with E-state index in [0.717, 1.165) is 23.1 Å². The number of thioether (sulfide) groups is 1. The van der Waals surface area contributed by atoms with E-state index in [4.69, 9.17) is 15.3 Å². The van der Waals surface area contributed by atoms with Crippen LogP contribution in [0.3, 0.4) is 0 Å². The Kier molecular flexibility index (Phi) is 4.98. The summed E-state index contributed by atoms with van der Waals surface area (Å²) in [6, 6.07) is 9.47. The number of methoxy groups -OCH3 is 1. The summed E-state index contributed by atoms with van der Waals surface area (Å²) < 4.78 is 5.03. The first-order valence-electron chi connectivity index (χ1n) is 4.55. The van der Waals surface area contributed by atoms with E-state index in [1.165, 1.54) is 0 Å². The van der Waals surface area contributed by atoms with Crippen LogP contribution in [0, 0.1) is 22.0 Å². The van der Waals surface area contributed by atoms with Crippen LogP contribution < -0.4 is 4.74 Å². The van der Waals surface area contributed by atoms with Gasteiger partial charge in [0.1, 0.15) is 11.2 Å². The molecule has 1 aromatic carbocycles. The summed E-state index contributed by atoms with van der Waals surface area (Å²) in [6.07, 6.45) is 1.77. The van der Waals surface area contributed by atoms with Gasteiger partial charge in [-0.15, -0.1) is 0 Å². The van der Waals surface area contributed by atoms with Crippen molar-refractivity contribution >= 4 is 17.8 Å². The van der Waals surface area contributed by atoms with Crippen LogP contribution in [0.1, 0.15) is 5.56 Å². The molecule has 0 N–H and O–H groups in total. The number of nitrogens with zero attached hydrogens (tertiary/aromatic N) is 2. The fourth-order valence-corrected chi connectivity index (χ4v) is 1.49. The third-order valence-electron chi connectivity index (χ3n) is 1.89. The average molecular weight is 230 g/mol. The number of hydrogen-bond acceptors (Lipinski definition) is 4. The maximum Gasteiger partial charge on any atom is 0.133 e. The number of benzene rings is 1. The summed E-state index contributed by atoms with van der Waals surface area (Å²) in [4.78, 5) is 0. The molecule has 0 heterocycles. The van der Waals surface area contributed by atoms with Gasteiger partial charge in [0.15, 0.2) is 0 Å². The molecule has 3 nitrogen and oxygen atoms in total. The van der Waals surface area contributed by atoms with Gasteiger partial charge in [-0.1, -0.05) is 12.1 Å². The first-order chi connectivity index (χ1) is 7.80. The van der Waals surface area contributed by atoms with Crippen LogP contribution in [0.5, 0.6) is 5.75 Å². The molecule has 0 aromatic heterocycles. The van der Waals surface area contributed by atoms with Crippen molar-refractivity contribution in [1.82, 2.24) is 0 Å². The van der Waals surface area contributed by atoms with Gasteiger partial charge in [-0.25, -0.2) is 0 Å². The molecule has 0 saturated heterocycles. The molecule has 0 saturated carbocycles. The number of hydrogen-bond donors (Lipinski definition) is 0. The van der Waals surface area contributed by atoms with Crippen LogP contribution in [0.15, 0.2) is 29.8 Å². The molecule has 0 radical (unpaired) electrons. The Balaban J connectivity index is 2.80. The van der Waals surface area contributed by atoms with Crippen molar-refractivity contribution in [2.45, 2.75) is 0 Å². The second kappa shape index (κ2) is 6.55. The predicted octanol–water partition coefficient (Wildman–Crippen LogP) is 2.82. The van der Waals surface area contributed by atoms with E-state index >= 15 is 0 Å². The Labute approximate surface area is 99.0 Å². The maximum atomic E-state index is 8.85. The number of nitriles is 2. The Bertz CT molecular complexity index is 451. The minimum Gasteiger partial charge on any atom is -0.497 e. The van der Waals surface area contributed by atoms with Gasteiger partial charge < -0.3 is 4.74 Å². The lowest BCUT2D eigenvalue weighted by Gasteiger charge is -1.99. The van der Waals surface area contributed by atoms with Gasteiger partial charge in [0, 0.05) is 11.3 Å². The summed E-state index contributed by atoms with van der Waals surface area (Å²) in [6.45, 7) is 0. The van der Waals surface area contributed by atoms with E-state index in [-0.39, 0.29) is 0 Å². The molecule has 4 heteroatoms. The highest BCUT2D eigenvalue weighted by Gasteiger charge is 1.97. The fraction of sp³-hybridized carbons (Fsp3) is 0.167. The second-order valence-electron chi connectivity index (χ2n) is 2.93. The highest BCUT2D eigenvalue weighted by Crippen LogP contribution is 2.15. The van der Waals surface area contributed by atoms with Crippen LogP contribution in [0.2, 0.25) is 0 Å². The standard InChI is InChI=1S/C12H10N2OS/c1-15-12-4-2-10(3-5-12)6-11(7-13)8-16-9-14/h2-6H,8H2,1H3/b11-6+. The molecule has 0 aliphatic rings. The molecular weight excluding hydrogens is 220 g/mol. The molecule has 16 heavy (non-hydrogen) atoms. The minimum absolute atomic E-state index is 0.416. The zero-order valence-electron chi connectivity index (χ0n) is 8.80. The molecule has 80 valence electrons. The quantitative estimate of drug-likeness (QED) is 0.589. The highest BCUT2D eigenvalue weighted by atomic mass is 32.2. The van der Waals surface area contributed by atoms with E-state index in [9.17, 15) is 0 Å². The lowest BCUT2D eigenvalue weighted by molar-refractivity contribution is 0.415. The van der Waals surface area contributed by atoms with Crippen LogP contribution in [-0.4, -0.2) is 12.9 Å². The molecule has 0 fully saturated rings. The summed E-state index contributed by atoms with van der Waals surface area (Å²) >= 11 is 1.06. The number of ether oxygens (including phenoxy) is 1. The van der Waals surface area contributed by atoms with Crippen molar-refractivity contribution in [1.29, 1.82) is 10.5 Å². The monoisotopic (exact) mass is 230 g/mol. The lowest BCUT2D eigenvalue weighted by Crippen LogP contribution is -1.84. The van der Waals surface area contributed by atoms with E-state index in [1.54, 1.807) is 13.2 Å². The van der Waals surface area contributed by atoms with Crippen molar-refractivity contribution in [3.63, 3.8) is 0 Å². The number of rotatable bonds is 4. The van der Waals surface area contributed by atoms with Gasteiger partial charge >= 0.3 is 0 Å². The molecule has 0 amide bonds. The molecular formula is C12H10N2OS. The normalized spacial score (nSPS) is 10.3. The van der Waals surface area contributed by atoms with Crippen molar-refractivity contribution in [2.24, 2.45) is 0 Å². The third-order valence-corrected chi connectivity index (χ3v) is 2.48. The van der Waals surface area contributed by atoms with Crippen LogP contribution in [0.4, 0.5) is 0 Å². The van der Waals surface area contributed by atoms with Gasteiger partial charge in [-0.05, 0) is 35.5 Å². The minimum atomic E-state index is 0.416. The Morgan fingerprint density at radius 1 is 1.38 bits per heavy atom. The Morgan fingerprint density at radius 3 is 2.56 bits per heavy atom. The van der Waals surface area contributed by atoms with Gasteiger partial charge in [0.25, 0.3) is 0 Å². The summed E-state index contributed by atoms with van der Waals surface area (Å²) in [5, 5.41) is 19.2. The summed E-state index contributed by atoms with van der Waals surface area (Å²) in [5.74, 6) is 1.20. The summed E-state index contributed by atoms with van der Waals surface area (Å²) in [7, 11) is 1.61. The Hall–Kier alpha value is -1.91. The maximum absolute atomic E-state index is 8.85. The van der Waals surface area contributed by atoms with Gasteiger partial charge in [-0.3, -0.25) is 0 Å². The molecule has 0 spiro atoms. The van der Waals surface area contributed by atoms with Gasteiger partial charge in [-0.2, -0.15) is 10.5 Å². The molecule has 1 rings (SSSR count). The number of thiocyanates is 1. The summed E-state index contributed by atoms with van der Waals surface area (Å²) in [5.41, 5.74) is 1.51. The van der Waals surface area contributed by atoms with E-state index in [1.807, 2.05) is 29.7 Å². The zero-order chi connectivity index (χ0) is 11.8. The molecule has 0 aliphatic carbocycles. The zero-order valence-corrected chi connectivity index (χ0v) is 9.62. The fourth-order valence-electron chi connectivity index (χ4n) is 1.12. The van der Waals surface area contributed by atoms with E-state index in [2.05, 4.69) is 6.07 Å². The van der Waals surface area contributed by atoms with Crippen molar-refractivity contribution in [3.8, 4) is 17.2 Å².